The van der Waals surface area contributed by atoms with Crippen molar-refractivity contribution in [3.05, 3.63) is 48.2 Å². The number of aromatic nitrogens is 6. The maximum atomic E-state index is 5.22. The van der Waals surface area contributed by atoms with Gasteiger partial charge < -0.3 is 18.8 Å². The Hall–Kier alpha value is -3.16. The Bertz CT molecular complexity index is 965. The van der Waals surface area contributed by atoms with Crippen molar-refractivity contribution in [2.75, 3.05) is 5.32 Å². The van der Waals surface area contributed by atoms with E-state index in [-0.39, 0.29) is 0 Å². The van der Waals surface area contributed by atoms with Gasteiger partial charge in [-0.1, -0.05) is 11.2 Å². The molecule has 0 aromatic carbocycles. The molecule has 23 heavy (non-hydrogen) atoms. The van der Waals surface area contributed by atoms with E-state index in [4.69, 9.17) is 4.52 Å². The third-order valence-electron chi connectivity index (χ3n) is 3.60. The van der Waals surface area contributed by atoms with E-state index in [1.54, 1.807) is 6.20 Å². The maximum Gasteiger partial charge on any atom is 0.322 e. The van der Waals surface area contributed by atoms with Gasteiger partial charge in [0.2, 0.25) is 5.82 Å². The molecule has 8 nitrogen and oxygen atoms in total. The monoisotopic (exact) mass is 309 g/mol. The molecule has 0 amide bonds. The fourth-order valence-electron chi connectivity index (χ4n) is 2.40. The van der Waals surface area contributed by atoms with Crippen LogP contribution >= 0.6 is 0 Å². The van der Waals surface area contributed by atoms with Gasteiger partial charge >= 0.3 is 6.01 Å². The third-order valence-corrected chi connectivity index (χ3v) is 3.60. The molecule has 8 heteroatoms. The quantitative estimate of drug-likeness (QED) is 0.621. The second kappa shape index (κ2) is 5.24. The Labute approximate surface area is 131 Å². The number of anilines is 1. The van der Waals surface area contributed by atoms with Crippen molar-refractivity contribution in [2.24, 2.45) is 7.05 Å². The summed E-state index contributed by atoms with van der Waals surface area (Å²) in [6, 6.07) is 4.38. The van der Waals surface area contributed by atoms with Gasteiger partial charge in [0.1, 0.15) is 5.65 Å². The maximum absolute atomic E-state index is 5.22. The van der Waals surface area contributed by atoms with Gasteiger partial charge in [0.25, 0.3) is 0 Å². The molecule has 0 saturated carbocycles. The van der Waals surface area contributed by atoms with Crippen molar-refractivity contribution < 1.29 is 4.52 Å². The standard InChI is InChI=1S/C15H15N7O/c1-10-3-4-12-17-7-11(22(12)9-10)8-18-15-19-13(20-23-15)14-16-5-6-21(14)2/h3-7,9H,8H2,1-2H3,(H,18,19,20). The van der Waals surface area contributed by atoms with E-state index in [1.807, 2.05) is 53.7 Å². The van der Waals surface area contributed by atoms with Gasteiger partial charge in [-0.25, -0.2) is 9.97 Å². The normalized spacial score (nSPS) is 11.2. The lowest BCUT2D eigenvalue weighted by Crippen LogP contribution is -2.03. The molecule has 4 heterocycles. The predicted molar refractivity (Wildman–Crippen MR) is 83.8 cm³/mol. The van der Waals surface area contributed by atoms with Crippen LogP contribution < -0.4 is 5.32 Å². The molecule has 4 aromatic heterocycles. The number of hydrogen-bond acceptors (Lipinski definition) is 6. The summed E-state index contributed by atoms with van der Waals surface area (Å²) in [4.78, 5) is 12.9. The van der Waals surface area contributed by atoms with Gasteiger partial charge in [-0.3, -0.25) is 0 Å². The second-order valence-corrected chi connectivity index (χ2v) is 5.32. The molecule has 116 valence electrons. The predicted octanol–water partition coefficient (Wildman–Crippen LogP) is 2.04. The Balaban J connectivity index is 1.54. The van der Waals surface area contributed by atoms with Crippen LogP contribution in [0.15, 0.2) is 41.4 Å². The minimum absolute atomic E-state index is 0.352. The lowest BCUT2D eigenvalue weighted by Gasteiger charge is -2.02. The molecule has 0 fully saturated rings. The highest BCUT2D eigenvalue weighted by Crippen LogP contribution is 2.16. The number of imidazole rings is 2. The van der Waals surface area contributed by atoms with Crippen LogP contribution in [0, 0.1) is 6.92 Å². The van der Waals surface area contributed by atoms with Crippen LogP contribution in [0.1, 0.15) is 11.3 Å². The van der Waals surface area contributed by atoms with Crippen LogP contribution in [0.4, 0.5) is 6.01 Å². The lowest BCUT2D eigenvalue weighted by atomic mass is 10.3. The molecule has 4 aromatic rings. The van der Waals surface area contributed by atoms with Gasteiger partial charge in [0.15, 0.2) is 5.82 Å². The summed E-state index contributed by atoms with van der Waals surface area (Å²) in [6.45, 7) is 2.58. The van der Waals surface area contributed by atoms with E-state index in [2.05, 4.69) is 25.4 Å². The number of pyridine rings is 1. The van der Waals surface area contributed by atoms with E-state index in [9.17, 15) is 0 Å². The van der Waals surface area contributed by atoms with Gasteiger partial charge in [0.05, 0.1) is 18.4 Å². The van der Waals surface area contributed by atoms with Crippen molar-refractivity contribution in [3.63, 3.8) is 0 Å². The van der Waals surface area contributed by atoms with Gasteiger partial charge in [0, 0.05) is 25.6 Å². The van der Waals surface area contributed by atoms with Gasteiger partial charge in [-0.05, 0) is 18.6 Å². The number of hydrogen-bond donors (Lipinski definition) is 1. The first-order chi connectivity index (χ1) is 11.2. The first-order valence-electron chi connectivity index (χ1n) is 7.18. The van der Waals surface area contributed by atoms with Crippen LogP contribution in [0.25, 0.3) is 17.3 Å². The number of rotatable bonds is 4. The molecule has 0 atom stereocenters. The Kier molecular flexibility index (Phi) is 3.07. The Morgan fingerprint density at radius 1 is 1.26 bits per heavy atom. The van der Waals surface area contributed by atoms with E-state index in [1.165, 1.54) is 5.56 Å². The van der Waals surface area contributed by atoms with E-state index < -0.39 is 0 Å². The van der Waals surface area contributed by atoms with Crippen LogP contribution in [0.5, 0.6) is 0 Å². The number of fused-ring (bicyclic) bond motifs is 1. The molecule has 1 N–H and O–H groups in total. The molecule has 4 rings (SSSR count). The topological polar surface area (TPSA) is 86.1 Å². The van der Waals surface area contributed by atoms with Crippen LogP contribution in [0.3, 0.4) is 0 Å². The van der Waals surface area contributed by atoms with Crippen molar-refractivity contribution >= 4 is 11.7 Å². The fraction of sp³-hybridized carbons (Fsp3) is 0.200. The zero-order chi connectivity index (χ0) is 15.8. The average molecular weight is 309 g/mol. The van der Waals surface area contributed by atoms with Crippen molar-refractivity contribution in [1.82, 2.24) is 29.1 Å². The summed E-state index contributed by atoms with van der Waals surface area (Å²) in [5, 5.41) is 7.06. The highest BCUT2D eigenvalue weighted by molar-refractivity contribution is 5.45. The molecule has 0 aliphatic heterocycles. The first-order valence-corrected chi connectivity index (χ1v) is 7.18. The fourth-order valence-corrected chi connectivity index (χ4v) is 2.40. The van der Waals surface area contributed by atoms with Crippen molar-refractivity contribution in [3.8, 4) is 11.6 Å². The molecule has 0 saturated heterocycles. The number of nitrogens with one attached hydrogen (secondary N) is 1. The smallest absolute Gasteiger partial charge is 0.322 e. The summed E-state index contributed by atoms with van der Waals surface area (Å²) in [5.74, 6) is 1.11. The summed E-state index contributed by atoms with van der Waals surface area (Å²) in [6.07, 6.45) is 7.41. The van der Waals surface area contributed by atoms with Crippen molar-refractivity contribution in [2.45, 2.75) is 13.5 Å². The highest BCUT2D eigenvalue weighted by Gasteiger charge is 2.12. The average Bonchev–Trinajstić information content (AvgIpc) is 3.24. The molecular weight excluding hydrogens is 294 g/mol. The van der Waals surface area contributed by atoms with Gasteiger partial charge in [-0.2, -0.15) is 4.98 Å². The van der Waals surface area contributed by atoms with E-state index in [0.29, 0.717) is 24.2 Å². The summed E-state index contributed by atoms with van der Waals surface area (Å²) >= 11 is 0. The van der Waals surface area contributed by atoms with Gasteiger partial charge in [-0.15, -0.1) is 0 Å². The molecule has 0 aliphatic rings. The zero-order valence-corrected chi connectivity index (χ0v) is 12.8. The lowest BCUT2D eigenvalue weighted by molar-refractivity contribution is 0.431. The Morgan fingerprint density at radius 3 is 3.00 bits per heavy atom. The van der Waals surface area contributed by atoms with E-state index in [0.717, 1.165) is 11.3 Å². The molecule has 0 spiro atoms. The Morgan fingerprint density at radius 2 is 2.17 bits per heavy atom. The molecular formula is C15H15N7O. The minimum Gasteiger partial charge on any atom is -0.332 e. The second-order valence-electron chi connectivity index (χ2n) is 5.32. The minimum atomic E-state index is 0.352. The third kappa shape index (κ3) is 2.44. The largest absolute Gasteiger partial charge is 0.332 e. The summed E-state index contributed by atoms with van der Waals surface area (Å²) in [7, 11) is 1.88. The van der Waals surface area contributed by atoms with Crippen LogP contribution in [-0.2, 0) is 13.6 Å². The molecule has 0 aliphatic carbocycles. The highest BCUT2D eigenvalue weighted by atomic mass is 16.5. The van der Waals surface area contributed by atoms with Crippen molar-refractivity contribution in [1.29, 1.82) is 0 Å². The number of nitrogens with zero attached hydrogens (tertiary/aromatic N) is 6. The first kappa shape index (κ1) is 13.5. The van der Waals surface area contributed by atoms with E-state index >= 15 is 0 Å². The summed E-state index contributed by atoms with van der Waals surface area (Å²) < 4.78 is 9.10. The molecule has 0 radical (unpaired) electrons. The SMILES string of the molecule is Cc1ccc2ncc(CNc3nc(-c4nccn4C)no3)n2c1. The number of aryl methyl sites for hydroxylation is 2. The summed E-state index contributed by atoms with van der Waals surface area (Å²) in [5.41, 5.74) is 3.10. The zero-order valence-electron chi connectivity index (χ0n) is 12.8. The van der Waals surface area contributed by atoms with Crippen LogP contribution in [0.2, 0.25) is 0 Å². The van der Waals surface area contributed by atoms with Crippen LogP contribution in [-0.4, -0.2) is 29.1 Å². The molecule has 0 unspecified atom stereocenters. The molecule has 0 bridgehead atoms.